The average molecular weight is 201 g/mol. The van der Waals surface area contributed by atoms with Crippen LogP contribution in [0.25, 0.3) is 11.3 Å². The number of hydrogen-bond donors (Lipinski definition) is 1. The fourth-order valence-electron chi connectivity index (χ4n) is 1.26. The topological polar surface area (TPSA) is 76.0 Å². The van der Waals surface area contributed by atoms with E-state index < -0.39 is 5.97 Å². The Morgan fingerprint density at radius 2 is 2.07 bits per heavy atom. The molecule has 0 aliphatic rings. The molecule has 0 radical (unpaired) electrons. The molecule has 1 aromatic carbocycles. The molecule has 5 nitrogen and oxygen atoms in total. The molecule has 2 rings (SSSR count). The van der Waals surface area contributed by atoms with Crippen LogP contribution >= 0.6 is 0 Å². The summed E-state index contributed by atoms with van der Waals surface area (Å²) in [5.41, 5.74) is 1.17. The van der Waals surface area contributed by atoms with E-state index in [2.05, 4.69) is 15.2 Å². The Morgan fingerprint density at radius 3 is 2.73 bits per heavy atom. The molecule has 1 heterocycles. The van der Waals surface area contributed by atoms with Gasteiger partial charge in [0, 0.05) is 5.56 Å². The molecule has 0 unspecified atom stereocenters. The molecule has 0 saturated carbocycles. The summed E-state index contributed by atoms with van der Waals surface area (Å²) in [7, 11) is 0. The van der Waals surface area contributed by atoms with E-state index in [0.29, 0.717) is 11.3 Å². The summed E-state index contributed by atoms with van der Waals surface area (Å²) in [5, 5.41) is 16.4. The van der Waals surface area contributed by atoms with Gasteiger partial charge >= 0.3 is 5.97 Å². The number of carbonyl (C=O) groups is 1. The minimum Gasteiger partial charge on any atom is -0.478 e. The van der Waals surface area contributed by atoms with Gasteiger partial charge in [0.1, 0.15) is 12.0 Å². The zero-order valence-electron chi connectivity index (χ0n) is 7.66. The molecule has 0 spiro atoms. The Balaban J connectivity index is 2.58. The van der Waals surface area contributed by atoms with Gasteiger partial charge in [-0.2, -0.15) is 0 Å². The van der Waals surface area contributed by atoms with Crippen LogP contribution in [0.15, 0.2) is 36.8 Å². The lowest BCUT2D eigenvalue weighted by Gasteiger charge is -2.02. The number of carboxylic acids is 1. The fourth-order valence-corrected chi connectivity index (χ4v) is 1.26. The van der Waals surface area contributed by atoms with Crippen LogP contribution in [0.1, 0.15) is 10.4 Å². The highest BCUT2D eigenvalue weighted by atomic mass is 16.4. The van der Waals surface area contributed by atoms with E-state index >= 15 is 0 Å². The summed E-state index contributed by atoms with van der Waals surface area (Å²) in [4.78, 5) is 14.7. The maximum atomic E-state index is 10.9. The Labute approximate surface area is 85.4 Å². The molecule has 0 fully saturated rings. The van der Waals surface area contributed by atoms with Crippen LogP contribution < -0.4 is 0 Å². The van der Waals surface area contributed by atoms with Crippen LogP contribution in [-0.2, 0) is 0 Å². The van der Waals surface area contributed by atoms with E-state index in [4.69, 9.17) is 5.11 Å². The van der Waals surface area contributed by atoms with Gasteiger partial charge in [-0.3, -0.25) is 0 Å². The van der Waals surface area contributed by atoms with Gasteiger partial charge in [0.05, 0.1) is 11.8 Å². The van der Waals surface area contributed by atoms with Crippen molar-refractivity contribution in [1.82, 2.24) is 15.2 Å². The second-order valence-corrected chi connectivity index (χ2v) is 2.85. The first-order valence-electron chi connectivity index (χ1n) is 4.24. The number of aromatic nitrogens is 3. The number of aromatic carboxylic acids is 1. The van der Waals surface area contributed by atoms with Crippen molar-refractivity contribution in [1.29, 1.82) is 0 Å². The lowest BCUT2D eigenvalue weighted by molar-refractivity contribution is 0.0697. The van der Waals surface area contributed by atoms with Gasteiger partial charge in [-0.25, -0.2) is 9.78 Å². The van der Waals surface area contributed by atoms with E-state index in [1.54, 1.807) is 18.2 Å². The number of carboxylic acid groups (broad SMARTS) is 1. The van der Waals surface area contributed by atoms with E-state index in [1.165, 1.54) is 18.6 Å². The van der Waals surface area contributed by atoms with Gasteiger partial charge in [0.2, 0.25) is 0 Å². The second kappa shape index (κ2) is 3.83. The predicted octanol–water partition coefficient (Wildman–Crippen LogP) is 1.24. The first-order valence-corrected chi connectivity index (χ1v) is 4.24. The van der Waals surface area contributed by atoms with Crippen LogP contribution in [0, 0.1) is 0 Å². The van der Waals surface area contributed by atoms with Crippen LogP contribution in [-0.4, -0.2) is 26.3 Å². The molecule has 0 atom stereocenters. The predicted molar refractivity (Wildman–Crippen MR) is 52.2 cm³/mol. The molecule has 0 saturated heterocycles. The van der Waals surface area contributed by atoms with Crippen molar-refractivity contribution < 1.29 is 9.90 Å². The van der Waals surface area contributed by atoms with E-state index in [-0.39, 0.29) is 5.56 Å². The summed E-state index contributed by atoms with van der Waals surface area (Å²) in [5.74, 6) is -0.990. The summed E-state index contributed by atoms with van der Waals surface area (Å²) in [6.07, 6.45) is 2.78. The van der Waals surface area contributed by atoms with Crippen molar-refractivity contribution >= 4 is 5.97 Å². The van der Waals surface area contributed by atoms with Crippen LogP contribution in [0.4, 0.5) is 0 Å². The molecule has 0 aliphatic heterocycles. The zero-order chi connectivity index (χ0) is 10.7. The SMILES string of the molecule is O=C(O)c1ccccc1-c1cncnn1. The number of rotatable bonds is 2. The maximum Gasteiger partial charge on any atom is 0.336 e. The summed E-state index contributed by atoms with van der Waals surface area (Å²) < 4.78 is 0. The first kappa shape index (κ1) is 9.26. The lowest BCUT2D eigenvalue weighted by Crippen LogP contribution is -2.00. The molecule has 1 aromatic heterocycles. The van der Waals surface area contributed by atoms with Crippen molar-refractivity contribution in [3.8, 4) is 11.3 Å². The highest BCUT2D eigenvalue weighted by Crippen LogP contribution is 2.19. The Morgan fingerprint density at radius 1 is 1.27 bits per heavy atom. The summed E-state index contributed by atoms with van der Waals surface area (Å²) in [6, 6.07) is 6.61. The third-order valence-corrected chi connectivity index (χ3v) is 1.91. The van der Waals surface area contributed by atoms with Gasteiger partial charge in [-0.1, -0.05) is 18.2 Å². The third kappa shape index (κ3) is 1.80. The normalized spacial score (nSPS) is 9.87. The third-order valence-electron chi connectivity index (χ3n) is 1.91. The van der Waals surface area contributed by atoms with Crippen LogP contribution in [0.3, 0.4) is 0 Å². The quantitative estimate of drug-likeness (QED) is 0.790. The lowest BCUT2D eigenvalue weighted by atomic mass is 10.1. The molecule has 0 bridgehead atoms. The molecule has 5 heteroatoms. The molecule has 2 aromatic rings. The van der Waals surface area contributed by atoms with Crippen molar-refractivity contribution in [2.24, 2.45) is 0 Å². The molecule has 0 aliphatic carbocycles. The summed E-state index contributed by atoms with van der Waals surface area (Å²) >= 11 is 0. The highest BCUT2D eigenvalue weighted by molar-refractivity contribution is 5.95. The van der Waals surface area contributed by atoms with E-state index in [0.717, 1.165) is 0 Å². The average Bonchev–Trinajstić information content (AvgIpc) is 2.30. The number of benzene rings is 1. The summed E-state index contributed by atoms with van der Waals surface area (Å²) in [6.45, 7) is 0. The van der Waals surface area contributed by atoms with Crippen LogP contribution in [0.2, 0.25) is 0 Å². The van der Waals surface area contributed by atoms with Gasteiger partial charge < -0.3 is 5.11 Å². The molecule has 74 valence electrons. The van der Waals surface area contributed by atoms with Crippen LogP contribution in [0.5, 0.6) is 0 Å². The molecule has 15 heavy (non-hydrogen) atoms. The molecule has 0 amide bonds. The highest BCUT2D eigenvalue weighted by Gasteiger charge is 2.11. The maximum absolute atomic E-state index is 10.9. The van der Waals surface area contributed by atoms with Gasteiger partial charge in [-0.05, 0) is 6.07 Å². The Hall–Kier alpha value is -2.30. The molecule has 1 N–H and O–H groups in total. The van der Waals surface area contributed by atoms with Crippen molar-refractivity contribution in [3.05, 3.63) is 42.4 Å². The van der Waals surface area contributed by atoms with Crippen molar-refractivity contribution in [2.75, 3.05) is 0 Å². The monoisotopic (exact) mass is 201 g/mol. The largest absolute Gasteiger partial charge is 0.478 e. The zero-order valence-corrected chi connectivity index (χ0v) is 7.66. The van der Waals surface area contributed by atoms with Gasteiger partial charge in [-0.15, -0.1) is 10.2 Å². The second-order valence-electron chi connectivity index (χ2n) is 2.85. The van der Waals surface area contributed by atoms with Crippen molar-refractivity contribution in [2.45, 2.75) is 0 Å². The minimum absolute atomic E-state index is 0.194. The fraction of sp³-hybridized carbons (Fsp3) is 0. The Bertz CT molecular complexity index is 485. The van der Waals surface area contributed by atoms with E-state index in [1.807, 2.05) is 0 Å². The van der Waals surface area contributed by atoms with Gasteiger partial charge in [0.25, 0.3) is 0 Å². The smallest absolute Gasteiger partial charge is 0.336 e. The molecular weight excluding hydrogens is 194 g/mol. The molecular formula is C10H7N3O2. The number of hydrogen-bond acceptors (Lipinski definition) is 4. The minimum atomic E-state index is -0.990. The number of nitrogens with zero attached hydrogens (tertiary/aromatic N) is 3. The Kier molecular flexibility index (Phi) is 2.37. The standard InChI is InChI=1S/C10H7N3O2/c14-10(15)8-4-2-1-3-7(8)9-5-11-6-12-13-9/h1-6H,(H,14,15). The van der Waals surface area contributed by atoms with E-state index in [9.17, 15) is 4.79 Å². The van der Waals surface area contributed by atoms with Gasteiger partial charge in [0.15, 0.2) is 0 Å². The first-order chi connectivity index (χ1) is 7.29. The van der Waals surface area contributed by atoms with Crippen molar-refractivity contribution in [3.63, 3.8) is 0 Å².